The fourth-order valence-electron chi connectivity index (χ4n) is 3.43. The van der Waals surface area contributed by atoms with Gasteiger partial charge in [-0.2, -0.15) is 13.8 Å². The minimum absolute atomic E-state index is 0.0173. The fraction of sp³-hybridized carbons (Fsp3) is 0.444. The predicted molar refractivity (Wildman–Crippen MR) is 102 cm³/mol. The number of nitrogens with zero attached hydrogens (tertiary/aromatic N) is 2. The van der Waals surface area contributed by atoms with Crippen LogP contribution in [-0.4, -0.2) is 46.0 Å². The number of alkyl halides is 2. The average molecular weight is 495 g/mol. The molecule has 0 aliphatic carbocycles. The molecule has 15 heteroatoms. The monoisotopic (exact) mass is 495 g/mol. The summed E-state index contributed by atoms with van der Waals surface area (Å²) in [5.74, 6) is -5.71. The first kappa shape index (κ1) is 23.8. The van der Waals surface area contributed by atoms with Crippen LogP contribution >= 0.6 is 7.82 Å². The number of aromatic nitrogens is 2. The Bertz CT molecular complexity index is 1150. The number of nitrogen functional groups attached to an aromatic ring is 1. The molecule has 0 spiro atoms. The van der Waals surface area contributed by atoms with Gasteiger partial charge in [0, 0.05) is 18.2 Å². The number of phosphoric acid groups is 1. The first-order valence-electron chi connectivity index (χ1n) is 9.58. The predicted octanol–water partition coefficient (Wildman–Crippen LogP) is 2.30. The third-order valence-corrected chi connectivity index (χ3v) is 6.55. The van der Waals surface area contributed by atoms with Gasteiger partial charge in [-0.25, -0.2) is 18.1 Å². The summed E-state index contributed by atoms with van der Waals surface area (Å²) in [7, 11) is -4.42. The summed E-state index contributed by atoms with van der Waals surface area (Å²) >= 11 is 0. The van der Waals surface area contributed by atoms with Crippen LogP contribution in [0.3, 0.4) is 0 Å². The number of nitrogens with two attached hydrogens (primary N) is 1. The number of ether oxygens (including phenoxy) is 1. The van der Waals surface area contributed by atoms with Gasteiger partial charge in [0.1, 0.15) is 23.6 Å². The molecule has 33 heavy (non-hydrogen) atoms. The molecule has 180 valence electrons. The summed E-state index contributed by atoms with van der Waals surface area (Å²) in [5.41, 5.74) is 3.98. The number of aliphatic hydroxyl groups is 1. The fourth-order valence-corrected chi connectivity index (χ4v) is 4.81. The molecule has 4 rings (SSSR count). The van der Waals surface area contributed by atoms with Crippen molar-refractivity contribution in [3.63, 3.8) is 0 Å². The number of benzene rings is 1. The molecule has 5 atom stereocenters. The maximum Gasteiger partial charge on any atom is 0.475 e. The molecule has 2 aliphatic rings. The third-order valence-electron chi connectivity index (χ3n) is 5.07. The molecule has 10 nitrogen and oxygen atoms in total. The lowest BCUT2D eigenvalue weighted by molar-refractivity contribution is -0.140. The van der Waals surface area contributed by atoms with E-state index in [1.165, 1.54) is 0 Å². The van der Waals surface area contributed by atoms with Gasteiger partial charge in [-0.05, 0) is 24.3 Å². The molecule has 1 aromatic carbocycles. The Hall–Kier alpha value is -2.35. The van der Waals surface area contributed by atoms with Crippen molar-refractivity contribution in [1.82, 2.24) is 9.55 Å². The Kier molecular flexibility index (Phi) is 6.33. The molecule has 2 saturated heterocycles. The number of rotatable bonds is 5. The maximum atomic E-state index is 14.6. The molecular weight excluding hydrogens is 477 g/mol. The van der Waals surface area contributed by atoms with E-state index in [4.69, 9.17) is 24.0 Å². The molecule has 1 aromatic heterocycles. The van der Waals surface area contributed by atoms with Gasteiger partial charge in [0.15, 0.2) is 6.10 Å². The summed E-state index contributed by atoms with van der Waals surface area (Å²) in [6.45, 7) is -1.11. The molecule has 2 fully saturated rings. The van der Waals surface area contributed by atoms with Gasteiger partial charge < -0.3 is 15.6 Å². The average Bonchev–Trinajstić information content (AvgIpc) is 2.97. The molecule has 2 aliphatic heterocycles. The zero-order valence-electron chi connectivity index (χ0n) is 16.6. The summed E-state index contributed by atoms with van der Waals surface area (Å²) < 4.78 is 90.2. The van der Waals surface area contributed by atoms with Crippen LogP contribution in [0.1, 0.15) is 24.3 Å². The van der Waals surface area contributed by atoms with E-state index in [0.717, 1.165) is 30.5 Å². The Morgan fingerprint density at radius 2 is 2.09 bits per heavy atom. The van der Waals surface area contributed by atoms with E-state index >= 15 is 0 Å². The minimum Gasteiger partial charge on any atom is -0.384 e. The number of halogens is 4. The molecule has 0 bridgehead atoms. The smallest absolute Gasteiger partial charge is 0.384 e. The van der Waals surface area contributed by atoms with Crippen molar-refractivity contribution in [2.24, 2.45) is 0 Å². The van der Waals surface area contributed by atoms with Crippen molar-refractivity contribution in [3.8, 4) is 0 Å². The van der Waals surface area contributed by atoms with Crippen LogP contribution in [0.4, 0.5) is 23.4 Å². The second kappa shape index (κ2) is 8.78. The van der Waals surface area contributed by atoms with Crippen LogP contribution in [0.15, 0.2) is 35.3 Å². The van der Waals surface area contributed by atoms with Crippen molar-refractivity contribution in [2.75, 3.05) is 18.9 Å². The van der Waals surface area contributed by atoms with Gasteiger partial charge >= 0.3 is 19.4 Å². The lowest BCUT2D eigenvalue weighted by Gasteiger charge is -2.30. The zero-order valence-corrected chi connectivity index (χ0v) is 17.5. The number of anilines is 1. The highest BCUT2D eigenvalue weighted by Crippen LogP contribution is 2.57. The first-order valence-corrected chi connectivity index (χ1v) is 11.0. The highest BCUT2D eigenvalue weighted by atomic mass is 31.2. The van der Waals surface area contributed by atoms with Crippen LogP contribution in [0.5, 0.6) is 0 Å². The van der Waals surface area contributed by atoms with E-state index in [-0.39, 0.29) is 24.4 Å². The van der Waals surface area contributed by atoms with E-state index in [1.54, 1.807) is 0 Å². The zero-order chi connectivity index (χ0) is 24.0. The number of aliphatic hydroxyl groups excluding tert-OH is 1. The number of hydrogen-bond acceptors (Lipinski definition) is 9. The van der Waals surface area contributed by atoms with Crippen LogP contribution in [-0.2, 0) is 22.9 Å². The second-order valence-electron chi connectivity index (χ2n) is 7.31. The molecule has 0 radical (unpaired) electrons. The van der Waals surface area contributed by atoms with Gasteiger partial charge in [-0.3, -0.25) is 18.1 Å². The maximum absolute atomic E-state index is 14.6. The summed E-state index contributed by atoms with van der Waals surface area (Å²) in [6.07, 6.45) is -6.71. The number of hydrogen-bond donors (Lipinski definition) is 2. The Morgan fingerprint density at radius 1 is 1.33 bits per heavy atom. The summed E-state index contributed by atoms with van der Waals surface area (Å²) in [6, 6.07) is 3.72. The Morgan fingerprint density at radius 3 is 2.82 bits per heavy atom. The standard InChI is InChI=1S/C18H18F4N3O7P/c19-9-1-2-11(20)10(7-9)12-4-6-29-33(28,32-12)30-8-13-15(26)18(21,22)16(31-13)25-5-3-14(23)24-17(25)27/h1-3,5,7,12-13,15-16,26H,4,6,8H2,(H2,23,24,27)/t12-,13-,15-,16-,33?/m1/s1. The molecular formula is C18H18F4N3O7P. The first-order chi connectivity index (χ1) is 15.5. The van der Waals surface area contributed by atoms with Crippen LogP contribution in [0.2, 0.25) is 0 Å². The van der Waals surface area contributed by atoms with E-state index < -0.39 is 62.2 Å². The molecule has 1 unspecified atom stereocenters. The largest absolute Gasteiger partial charge is 0.475 e. The molecule has 2 aromatic rings. The van der Waals surface area contributed by atoms with Gasteiger partial charge in [0.05, 0.1) is 19.3 Å². The van der Waals surface area contributed by atoms with E-state index in [0.29, 0.717) is 4.57 Å². The van der Waals surface area contributed by atoms with Crippen LogP contribution in [0.25, 0.3) is 0 Å². The van der Waals surface area contributed by atoms with Crippen molar-refractivity contribution >= 4 is 13.6 Å². The van der Waals surface area contributed by atoms with Crippen molar-refractivity contribution < 1.29 is 45.5 Å². The van der Waals surface area contributed by atoms with Gasteiger partial charge in [-0.1, -0.05) is 0 Å². The molecule has 0 amide bonds. The van der Waals surface area contributed by atoms with Gasteiger partial charge in [0.2, 0.25) is 6.23 Å². The molecule has 3 N–H and O–H groups in total. The Labute approximate surface area is 183 Å². The lowest BCUT2D eigenvalue weighted by Crippen LogP contribution is -2.42. The minimum atomic E-state index is -4.42. The van der Waals surface area contributed by atoms with E-state index in [1.807, 2.05) is 0 Å². The van der Waals surface area contributed by atoms with Crippen LogP contribution < -0.4 is 11.4 Å². The van der Waals surface area contributed by atoms with Crippen molar-refractivity contribution in [2.45, 2.75) is 36.9 Å². The summed E-state index contributed by atoms with van der Waals surface area (Å²) in [4.78, 5) is 15.2. The topological polar surface area (TPSA) is 135 Å². The normalized spacial score (nSPS) is 31.5. The van der Waals surface area contributed by atoms with E-state index in [9.17, 15) is 32.0 Å². The van der Waals surface area contributed by atoms with Crippen molar-refractivity contribution in [1.29, 1.82) is 0 Å². The second-order valence-corrected chi connectivity index (χ2v) is 8.93. The highest BCUT2D eigenvalue weighted by Gasteiger charge is 2.60. The molecule has 3 heterocycles. The van der Waals surface area contributed by atoms with Gasteiger partial charge in [-0.15, -0.1) is 0 Å². The molecule has 0 saturated carbocycles. The van der Waals surface area contributed by atoms with E-state index in [2.05, 4.69) is 4.98 Å². The highest BCUT2D eigenvalue weighted by molar-refractivity contribution is 7.48. The summed E-state index contributed by atoms with van der Waals surface area (Å²) in [5, 5.41) is 10.0. The quantitative estimate of drug-likeness (QED) is 0.473. The van der Waals surface area contributed by atoms with Crippen LogP contribution in [0, 0.1) is 11.6 Å². The third kappa shape index (κ3) is 4.67. The lowest BCUT2D eigenvalue weighted by atomic mass is 10.1. The van der Waals surface area contributed by atoms with Gasteiger partial charge in [0.25, 0.3) is 0 Å². The Balaban J connectivity index is 1.47. The van der Waals surface area contributed by atoms with Crippen molar-refractivity contribution in [3.05, 3.63) is 58.1 Å². The SMILES string of the molecule is Nc1ccn([C@@H]2O[C@H](COP3(=O)OCC[C@H](c4cc(F)ccc4F)O3)[C@@H](O)C2(F)F)c(=O)n1. The number of phosphoric ester groups is 1.